The van der Waals surface area contributed by atoms with Gasteiger partial charge in [0.1, 0.15) is 11.6 Å². The topological polar surface area (TPSA) is 58.2 Å². The maximum Gasteiger partial charge on any atom is 0.254 e. The molecule has 0 heterocycles. The Labute approximate surface area is 152 Å². The molecule has 0 radical (unpaired) electrons. The number of rotatable bonds is 6. The Hall–Kier alpha value is -2.28. The van der Waals surface area contributed by atoms with E-state index in [1.54, 1.807) is 0 Å². The first-order valence-corrected chi connectivity index (χ1v) is 8.45. The zero-order chi connectivity index (χ0) is 18.4. The van der Waals surface area contributed by atoms with Crippen molar-refractivity contribution in [2.75, 3.05) is 6.54 Å². The molecule has 0 unspecified atom stereocenters. The minimum absolute atomic E-state index is 0.0450. The van der Waals surface area contributed by atoms with Gasteiger partial charge in [0.15, 0.2) is 0 Å². The second-order valence-corrected chi connectivity index (χ2v) is 6.30. The van der Waals surface area contributed by atoms with Gasteiger partial charge < -0.3 is 10.6 Å². The van der Waals surface area contributed by atoms with Crippen molar-refractivity contribution in [3.05, 3.63) is 69.7 Å². The smallest absolute Gasteiger partial charge is 0.254 e. The summed E-state index contributed by atoms with van der Waals surface area (Å²) in [5.74, 6) is -2.63. The second kappa shape index (κ2) is 8.71. The molecule has 2 aromatic carbocycles. The quantitative estimate of drug-likeness (QED) is 0.762. The number of amides is 2. The van der Waals surface area contributed by atoms with Crippen molar-refractivity contribution >= 4 is 27.7 Å². The van der Waals surface area contributed by atoms with E-state index >= 15 is 0 Å². The molecule has 0 aliphatic rings. The van der Waals surface area contributed by atoms with E-state index in [0.717, 1.165) is 22.2 Å². The molecule has 2 aromatic rings. The molecule has 0 saturated carbocycles. The van der Waals surface area contributed by atoms with Gasteiger partial charge in [-0.1, -0.05) is 34.1 Å². The molecule has 25 heavy (non-hydrogen) atoms. The molecule has 2 rings (SSSR count). The minimum atomic E-state index is -0.940. The fraction of sp³-hybridized carbons (Fsp3) is 0.222. The lowest BCUT2D eigenvalue weighted by molar-refractivity contribution is -0.121. The highest BCUT2D eigenvalue weighted by atomic mass is 79.9. The summed E-state index contributed by atoms with van der Waals surface area (Å²) in [5, 5.41) is 5.27. The molecule has 132 valence electrons. The molecule has 0 saturated heterocycles. The third kappa shape index (κ3) is 5.35. The average molecular weight is 411 g/mol. The fourth-order valence-electron chi connectivity index (χ4n) is 2.28. The van der Waals surface area contributed by atoms with E-state index in [9.17, 15) is 18.4 Å². The lowest BCUT2D eigenvalue weighted by Gasteiger charge is -2.16. The van der Waals surface area contributed by atoms with Crippen molar-refractivity contribution in [3.63, 3.8) is 0 Å². The number of carbonyl (C=O) groups excluding carboxylic acids is 2. The maximum absolute atomic E-state index is 13.5. The molecule has 7 heteroatoms. The van der Waals surface area contributed by atoms with Crippen LogP contribution >= 0.6 is 15.9 Å². The molecule has 0 aliphatic carbocycles. The van der Waals surface area contributed by atoms with E-state index in [-0.39, 0.29) is 30.5 Å². The summed E-state index contributed by atoms with van der Waals surface area (Å²) in [6, 6.07) is 10.0. The number of carbonyl (C=O) groups is 2. The normalized spacial score (nSPS) is 11.7. The highest BCUT2D eigenvalue weighted by molar-refractivity contribution is 9.10. The van der Waals surface area contributed by atoms with Crippen molar-refractivity contribution in [2.45, 2.75) is 19.4 Å². The Morgan fingerprint density at radius 2 is 1.88 bits per heavy atom. The van der Waals surface area contributed by atoms with Crippen LogP contribution in [0.3, 0.4) is 0 Å². The largest absolute Gasteiger partial charge is 0.351 e. The van der Waals surface area contributed by atoms with Crippen molar-refractivity contribution in [1.82, 2.24) is 10.6 Å². The van der Waals surface area contributed by atoms with E-state index in [2.05, 4.69) is 26.6 Å². The van der Waals surface area contributed by atoms with Crippen LogP contribution in [0, 0.1) is 11.6 Å². The Bertz CT molecular complexity index is 783. The Morgan fingerprint density at radius 1 is 1.16 bits per heavy atom. The van der Waals surface area contributed by atoms with Gasteiger partial charge in [0, 0.05) is 23.5 Å². The number of nitrogens with one attached hydrogen (secondary N) is 2. The molecule has 1 atom stereocenters. The van der Waals surface area contributed by atoms with Crippen LogP contribution in [0.1, 0.15) is 35.3 Å². The molecule has 4 nitrogen and oxygen atoms in total. The predicted octanol–water partition coefficient (Wildman–Crippen LogP) is 3.72. The molecule has 0 aromatic heterocycles. The van der Waals surface area contributed by atoms with Crippen LogP contribution in [0.2, 0.25) is 0 Å². The second-order valence-electron chi connectivity index (χ2n) is 5.44. The SMILES string of the molecule is C[C@H](NC(=O)CCNC(=O)c1ccc(F)cc1F)c1ccccc1Br. The number of hydrogen-bond donors (Lipinski definition) is 2. The van der Waals surface area contributed by atoms with Gasteiger partial charge >= 0.3 is 0 Å². The molecular formula is C18H17BrF2N2O2. The van der Waals surface area contributed by atoms with Crippen LogP contribution in [-0.4, -0.2) is 18.4 Å². The van der Waals surface area contributed by atoms with Crippen molar-refractivity contribution in [3.8, 4) is 0 Å². The molecule has 0 spiro atoms. The van der Waals surface area contributed by atoms with Crippen molar-refractivity contribution < 1.29 is 18.4 Å². The van der Waals surface area contributed by atoms with Gasteiger partial charge in [0.25, 0.3) is 5.91 Å². The van der Waals surface area contributed by atoms with Gasteiger partial charge in [-0.3, -0.25) is 9.59 Å². The zero-order valence-corrected chi connectivity index (χ0v) is 15.1. The van der Waals surface area contributed by atoms with Gasteiger partial charge in [0.2, 0.25) is 5.91 Å². The third-order valence-corrected chi connectivity index (χ3v) is 4.28. The summed E-state index contributed by atoms with van der Waals surface area (Å²) in [6.45, 7) is 1.90. The van der Waals surface area contributed by atoms with E-state index < -0.39 is 17.5 Å². The first-order valence-electron chi connectivity index (χ1n) is 7.65. The first-order chi connectivity index (χ1) is 11.9. The Kier molecular flexibility index (Phi) is 6.64. The van der Waals surface area contributed by atoms with Crippen LogP contribution in [0.4, 0.5) is 8.78 Å². The summed E-state index contributed by atoms with van der Waals surface area (Å²) in [7, 11) is 0. The third-order valence-electron chi connectivity index (χ3n) is 3.56. The Balaban J connectivity index is 1.82. The van der Waals surface area contributed by atoms with Crippen molar-refractivity contribution in [2.24, 2.45) is 0 Å². The molecule has 0 fully saturated rings. The van der Waals surface area contributed by atoms with E-state index in [4.69, 9.17) is 0 Å². The summed E-state index contributed by atoms with van der Waals surface area (Å²) in [6.07, 6.45) is 0.0450. The lowest BCUT2D eigenvalue weighted by atomic mass is 10.1. The highest BCUT2D eigenvalue weighted by Gasteiger charge is 2.14. The standard InChI is InChI=1S/C18H17BrF2N2O2/c1-11(13-4-2-3-5-15(13)19)23-17(24)8-9-22-18(25)14-7-6-12(20)10-16(14)21/h2-7,10-11H,8-9H2,1H3,(H,22,25)(H,23,24)/t11-/m0/s1. The van der Waals surface area contributed by atoms with E-state index in [0.29, 0.717) is 6.07 Å². The predicted molar refractivity (Wildman–Crippen MR) is 94.0 cm³/mol. The maximum atomic E-state index is 13.5. The minimum Gasteiger partial charge on any atom is -0.351 e. The van der Waals surface area contributed by atoms with Gasteiger partial charge in [-0.15, -0.1) is 0 Å². The highest BCUT2D eigenvalue weighted by Crippen LogP contribution is 2.22. The van der Waals surface area contributed by atoms with Crippen LogP contribution < -0.4 is 10.6 Å². The molecule has 0 aliphatic heterocycles. The molecule has 2 amide bonds. The monoisotopic (exact) mass is 410 g/mol. The van der Waals surface area contributed by atoms with E-state index in [1.165, 1.54) is 0 Å². The van der Waals surface area contributed by atoms with E-state index in [1.807, 2.05) is 31.2 Å². The lowest BCUT2D eigenvalue weighted by Crippen LogP contribution is -2.32. The van der Waals surface area contributed by atoms with Gasteiger partial charge in [-0.25, -0.2) is 8.78 Å². The van der Waals surface area contributed by atoms with Crippen LogP contribution in [-0.2, 0) is 4.79 Å². The number of benzene rings is 2. The summed E-state index contributed by atoms with van der Waals surface area (Å²) < 4.78 is 27.2. The Morgan fingerprint density at radius 3 is 2.56 bits per heavy atom. The first kappa shape index (κ1) is 19.1. The van der Waals surface area contributed by atoms with Gasteiger partial charge in [-0.2, -0.15) is 0 Å². The molecule has 2 N–H and O–H groups in total. The molecule has 0 bridgehead atoms. The van der Waals surface area contributed by atoms with Crippen LogP contribution in [0.25, 0.3) is 0 Å². The van der Waals surface area contributed by atoms with Gasteiger partial charge in [0.05, 0.1) is 11.6 Å². The zero-order valence-electron chi connectivity index (χ0n) is 13.5. The van der Waals surface area contributed by atoms with Crippen LogP contribution in [0.5, 0.6) is 0 Å². The summed E-state index contributed by atoms with van der Waals surface area (Å²) >= 11 is 3.43. The number of halogens is 3. The summed E-state index contributed by atoms with van der Waals surface area (Å²) in [4.78, 5) is 23.8. The summed E-state index contributed by atoms with van der Waals surface area (Å²) in [5.41, 5.74) is 0.677. The van der Waals surface area contributed by atoms with Gasteiger partial charge in [-0.05, 0) is 30.7 Å². The number of hydrogen-bond acceptors (Lipinski definition) is 2. The van der Waals surface area contributed by atoms with Crippen LogP contribution in [0.15, 0.2) is 46.9 Å². The molecular weight excluding hydrogens is 394 g/mol. The van der Waals surface area contributed by atoms with Crippen molar-refractivity contribution in [1.29, 1.82) is 0 Å². The fourth-order valence-corrected chi connectivity index (χ4v) is 2.90. The average Bonchev–Trinajstić information content (AvgIpc) is 2.54.